The molecular formula is C11H18N4O. The maximum Gasteiger partial charge on any atom is 0.225 e. The first-order valence-corrected chi connectivity index (χ1v) is 5.57. The Kier molecular flexibility index (Phi) is 5.91. The largest absolute Gasteiger partial charge is 0.357 e. The van der Waals surface area contributed by atoms with Gasteiger partial charge >= 0.3 is 0 Å². The molecule has 0 unspecified atom stereocenters. The number of unbranched alkanes of at least 4 members (excludes halogenated alkanes) is 1. The maximum atomic E-state index is 10.2. The fourth-order valence-electron chi connectivity index (χ4n) is 1.37. The third-order valence-corrected chi connectivity index (χ3v) is 2.23. The number of anilines is 1. The molecular weight excluding hydrogens is 204 g/mol. The Morgan fingerprint density at radius 3 is 2.75 bits per heavy atom. The Morgan fingerprint density at radius 1 is 1.38 bits per heavy atom. The van der Waals surface area contributed by atoms with Crippen LogP contribution in [0, 0.1) is 0 Å². The Hall–Kier alpha value is -1.65. The number of carbonyl (C=O) groups excluding carboxylic acids is 1. The minimum Gasteiger partial charge on any atom is -0.357 e. The highest BCUT2D eigenvalue weighted by atomic mass is 16.1. The smallest absolute Gasteiger partial charge is 0.225 e. The second-order valence-electron chi connectivity index (χ2n) is 3.46. The summed E-state index contributed by atoms with van der Waals surface area (Å²) in [6, 6.07) is 1.80. The van der Waals surface area contributed by atoms with Gasteiger partial charge in [-0.25, -0.2) is 9.97 Å². The van der Waals surface area contributed by atoms with Crippen molar-refractivity contribution in [1.29, 1.82) is 0 Å². The van der Waals surface area contributed by atoms with Crippen LogP contribution < -0.4 is 10.2 Å². The first-order valence-electron chi connectivity index (χ1n) is 5.57. The molecule has 1 aromatic heterocycles. The molecule has 88 valence electrons. The lowest BCUT2D eigenvalue weighted by molar-refractivity contribution is -0.109. The van der Waals surface area contributed by atoms with Gasteiger partial charge in [0.1, 0.15) is 0 Å². The molecule has 0 radical (unpaired) electrons. The van der Waals surface area contributed by atoms with Crippen LogP contribution in [0.4, 0.5) is 5.95 Å². The van der Waals surface area contributed by atoms with Crippen molar-refractivity contribution in [3.63, 3.8) is 0 Å². The quantitative estimate of drug-likeness (QED) is 0.523. The number of carbonyl (C=O) groups is 1. The van der Waals surface area contributed by atoms with Crippen molar-refractivity contribution in [2.45, 2.75) is 19.8 Å². The first kappa shape index (κ1) is 12.4. The summed E-state index contributed by atoms with van der Waals surface area (Å²) in [5, 5.41) is 2.65. The standard InChI is InChI=1S/C11H18N4O/c1-2-3-8-15(9-7-12-10-16)11-13-5-4-6-14-11/h4-6,10H,2-3,7-9H2,1H3,(H,12,16). The zero-order valence-electron chi connectivity index (χ0n) is 9.59. The van der Waals surface area contributed by atoms with Gasteiger partial charge in [0.25, 0.3) is 0 Å². The van der Waals surface area contributed by atoms with Crippen molar-refractivity contribution in [2.75, 3.05) is 24.5 Å². The van der Waals surface area contributed by atoms with E-state index < -0.39 is 0 Å². The molecule has 5 nitrogen and oxygen atoms in total. The van der Waals surface area contributed by atoms with Crippen LogP contribution in [-0.2, 0) is 4.79 Å². The fourth-order valence-corrected chi connectivity index (χ4v) is 1.37. The molecule has 0 bridgehead atoms. The van der Waals surface area contributed by atoms with E-state index in [2.05, 4.69) is 27.1 Å². The van der Waals surface area contributed by atoms with Crippen LogP contribution in [-0.4, -0.2) is 36.0 Å². The van der Waals surface area contributed by atoms with E-state index in [0.29, 0.717) is 13.0 Å². The molecule has 0 atom stereocenters. The van der Waals surface area contributed by atoms with E-state index in [9.17, 15) is 4.79 Å². The van der Waals surface area contributed by atoms with Gasteiger partial charge in [-0.1, -0.05) is 13.3 Å². The Bertz CT molecular complexity index is 291. The Morgan fingerprint density at radius 2 is 2.12 bits per heavy atom. The summed E-state index contributed by atoms with van der Waals surface area (Å²) in [6.45, 7) is 4.42. The molecule has 0 saturated heterocycles. The molecule has 16 heavy (non-hydrogen) atoms. The average Bonchev–Trinajstić information content (AvgIpc) is 2.35. The predicted molar refractivity (Wildman–Crippen MR) is 63.2 cm³/mol. The topological polar surface area (TPSA) is 58.1 Å². The number of rotatable bonds is 8. The summed E-state index contributed by atoms with van der Waals surface area (Å²) in [6.07, 6.45) is 6.40. The van der Waals surface area contributed by atoms with Crippen LogP contribution in [0.25, 0.3) is 0 Å². The minimum absolute atomic E-state index is 0.617. The van der Waals surface area contributed by atoms with Gasteiger partial charge in [0.2, 0.25) is 12.4 Å². The lowest BCUT2D eigenvalue weighted by Crippen LogP contribution is -2.33. The molecule has 1 rings (SSSR count). The normalized spacial score (nSPS) is 9.81. The van der Waals surface area contributed by atoms with Crippen molar-refractivity contribution in [2.24, 2.45) is 0 Å². The Balaban J connectivity index is 2.52. The summed E-state index contributed by atoms with van der Waals surface area (Å²) in [5.74, 6) is 0.726. The molecule has 0 aliphatic carbocycles. The number of aromatic nitrogens is 2. The van der Waals surface area contributed by atoms with Gasteiger partial charge in [-0.15, -0.1) is 0 Å². The lowest BCUT2D eigenvalue weighted by atomic mass is 10.3. The van der Waals surface area contributed by atoms with Crippen molar-refractivity contribution >= 4 is 12.4 Å². The SMILES string of the molecule is CCCCN(CCNC=O)c1ncccn1. The first-order chi connectivity index (χ1) is 7.88. The van der Waals surface area contributed by atoms with Crippen LogP contribution in [0.15, 0.2) is 18.5 Å². The van der Waals surface area contributed by atoms with E-state index in [0.717, 1.165) is 31.9 Å². The van der Waals surface area contributed by atoms with Crippen LogP contribution in [0.1, 0.15) is 19.8 Å². The molecule has 1 amide bonds. The molecule has 0 fully saturated rings. The molecule has 1 heterocycles. The average molecular weight is 222 g/mol. The monoisotopic (exact) mass is 222 g/mol. The molecule has 1 N–H and O–H groups in total. The van der Waals surface area contributed by atoms with E-state index in [-0.39, 0.29) is 0 Å². The van der Waals surface area contributed by atoms with Gasteiger partial charge in [-0.05, 0) is 12.5 Å². The lowest BCUT2D eigenvalue weighted by Gasteiger charge is -2.21. The van der Waals surface area contributed by atoms with Gasteiger partial charge in [-0.3, -0.25) is 4.79 Å². The van der Waals surface area contributed by atoms with Gasteiger partial charge in [0.15, 0.2) is 0 Å². The number of amides is 1. The summed E-state index contributed by atoms with van der Waals surface area (Å²) in [5.41, 5.74) is 0. The second-order valence-corrected chi connectivity index (χ2v) is 3.46. The Labute approximate surface area is 95.9 Å². The number of nitrogens with one attached hydrogen (secondary N) is 1. The maximum absolute atomic E-state index is 10.2. The van der Waals surface area contributed by atoms with Crippen molar-refractivity contribution < 1.29 is 4.79 Å². The van der Waals surface area contributed by atoms with Crippen molar-refractivity contribution in [3.8, 4) is 0 Å². The second kappa shape index (κ2) is 7.62. The van der Waals surface area contributed by atoms with Crippen molar-refractivity contribution in [1.82, 2.24) is 15.3 Å². The summed E-state index contributed by atoms with van der Waals surface area (Å²) < 4.78 is 0. The summed E-state index contributed by atoms with van der Waals surface area (Å²) >= 11 is 0. The van der Waals surface area contributed by atoms with Crippen LogP contribution in [0.5, 0.6) is 0 Å². The molecule has 5 heteroatoms. The number of hydrogen-bond acceptors (Lipinski definition) is 4. The highest BCUT2D eigenvalue weighted by molar-refractivity contribution is 5.46. The van der Waals surface area contributed by atoms with E-state index in [1.54, 1.807) is 18.5 Å². The van der Waals surface area contributed by atoms with Gasteiger partial charge < -0.3 is 10.2 Å². The van der Waals surface area contributed by atoms with Gasteiger partial charge in [0.05, 0.1) is 0 Å². The van der Waals surface area contributed by atoms with Gasteiger partial charge in [0, 0.05) is 32.0 Å². The summed E-state index contributed by atoms with van der Waals surface area (Å²) in [7, 11) is 0. The molecule has 0 spiro atoms. The van der Waals surface area contributed by atoms with Crippen molar-refractivity contribution in [3.05, 3.63) is 18.5 Å². The highest BCUT2D eigenvalue weighted by Gasteiger charge is 2.07. The molecule has 0 aliphatic rings. The molecule has 0 aromatic carbocycles. The highest BCUT2D eigenvalue weighted by Crippen LogP contribution is 2.05. The molecule has 0 aliphatic heterocycles. The third kappa shape index (κ3) is 4.25. The zero-order valence-corrected chi connectivity index (χ0v) is 9.59. The van der Waals surface area contributed by atoms with Gasteiger partial charge in [-0.2, -0.15) is 0 Å². The number of hydrogen-bond donors (Lipinski definition) is 1. The van der Waals surface area contributed by atoms with E-state index in [4.69, 9.17) is 0 Å². The van der Waals surface area contributed by atoms with Crippen LogP contribution in [0.3, 0.4) is 0 Å². The zero-order chi connectivity index (χ0) is 11.6. The number of nitrogens with zero attached hydrogens (tertiary/aromatic N) is 3. The molecule has 1 aromatic rings. The summed E-state index contributed by atoms with van der Waals surface area (Å²) in [4.78, 5) is 20.7. The van der Waals surface area contributed by atoms with Crippen LogP contribution >= 0.6 is 0 Å². The minimum atomic E-state index is 0.617. The molecule has 0 saturated carbocycles. The fraction of sp³-hybridized carbons (Fsp3) is 0.545. The third-order valence-electron chi connectivity index (χ3n) is 2.23. The van der Waals surface area contributed by atoms with E-state index >= 15 is 0 Å². The predicted octanol–water partition coefficient (Wildman–Crippen LogP) is 0.829. The van der Waals surface area contributed by atoms with E-state index in [1.807, 2.05) is 0 Å². The van der Waals surface area contributed by atoms with E-state index in [1.165, 1.54) is 0 Å². The van der Waals surface area contributed by atoms with Crippen LogP contribution in [0.2, 0.25) is 0 Å².